The molecule has 2 saturated carbocycles. The maximum absolute atomic E-state index is 13.7. The number of hydrogen-bond acceptors (Lipinski definition) is 6. The molecule has 7 nitrogen and oxygen atoms in total. The number of nitrogens with zero attached hydrogens (tertiary/aromatic N) is 3. The molecule has 0 spiro atoms. The molecule has 6 rings (SSSR count). The van der Waals surface area contributed by atoms with Crippen LogP contribution in [-0.4, -0.2) is 27.6 Å². The van der Waals surface area contributed by atoms with Crippen molar-refractivity contribution in [1.82, 2.24) is 14.5 Å². The van der Waals surface area contributed by atoms with Crippen LogP contribution in [0.2, 0.25) is 0 Å². The third-order valence-corrected chi connectivity index (χ3v) is 6.49. The number of nitrogen functional groups attached to an aromatic ring is 1. The lowest BCUT2D eigenvalue weighted by molar-refractivity contribution is 0.0600. The molecule has 3 heterocycles. The van der Waals surface area contributed by atoms with Crippen LogP contribution >= 0.6 is 0 Å². The number of nitrogens with two attached hydrogens (primary N) is 1. The van der Waals surface area contributed by atoms with E-state index in [-0.39, 0.29) is 11.3 Å². The van der Waals surface area contributed by atoms with Crippen LogP contribution in [0.15, 0.2) is 47.4 Å². The zero-order valence-electron chi connectivity index (χ0n) is 17.7. The van der Waals surface area contributed by atoms with Crippen molar-refractivity contribution < 1.29 is 9.53 Å². The van der Waals surface area contributed by atoms with Gasteiger partial charge in [-0.25, -0.2) is 9.78 Å². The van der Waals surface area contributed by atoms with E-state index in [1.807, 2.05) is 36.4 Å². The maximum Gasteiger partial charge on any atom is 0.345 e. The standard InChI is InChI=1S/C25H22N4O3/c1-32-25(31)20-21(26)17-9-10-18(13-5-6-13)28-23(17)29(24(20)30)19-4-2-3-16-15(19)11-12-27-22(16)14-7-8-14/h2-4,9-14H,5-8,26H2,1H3. The van der Waals surface area contributed by atoms with Crippen LogP contribution in [0.25, 0.3) is 27.5 Å². The van der Waals surface area contributed by atoms with Gasteiger partial charge in [-0.1, -0.05) is 12.1 Å². The summed E-state index contributed by atoms with van der Waals surface area (Å²) in [4.78, 5) is 35.7. The van der Waals surface area contributed by atoms with E-state index in [0.29, 0.717) is 28.6 Å². The minimum atomic E-state index is -0.755. The Hall–Kier alpha value is -3.74. The first-order valence-corrected chi connectivity index (χ1v) is 10.9. The Morgan fingerprint density at radius 2 is 1.81 bits per heavy atom. The summed E-state index contributed by atoms with van der Waals surface area (Å²) >= 11 is 0. The molecule has 0 saturated heterocycles. The fourth-order valence-electron chi connectivity index (χ4n) is 4.52. The van der Waals surface area contributed by atoms with E-state index in [1.54, 1.807) is 6.20 Å². The molecule has 2 aliphatic carbocycles. The van der Waals surface area contributed by atoms with Gasteiger partial charge in [-0.15, -0.1) is 0 Å². The molecular weight excluding hydrogens is 404 g/mol. The number of pyridine rings is 3. The molecule has 2 N–H and O–H groups in total. The summed E-state index contributed by atoms with van der Waals surface area (Å²) < 4.78 is 6.41. The second-order valence-electron chi connectivity index (χ2n) is 8.65. The van der Waals surface area contributed by atoms with Crippen LogP contribution in [-0.2, 0) is 4.74 Å². The molecule has 160 valence electrons. The minimum absolute atomic E-state index is 0.100. The summed E-state index contributed by atoms with van der Waals surface area (Å²) in [6.45, 7) is 0. The van der Waals surface area contributed by atoms with Crippen LogP contribution < -0.4 is 11.3 Å². The summed E-state index contributed by atoms with van der Waals surface area (Å²) in [7, 11) is 1.25. The van der Waals surface area contributed by atoms with Gasteiger partial charge in [0, 0.05) is 39.9 Å². The minimum Gasteiger partial charge on any atom is -0.465 e. The molecule has 2 aliphatic rings. The molecule has 0 unspecified atom stereocenters. The van der Waals surface area contributed by atoms with Crippen molar-refractivity contribution in [2.45, 2.75) is 37.5 Å². The molecule has 7 heteroatoms. The fourth-order valence-corrected chi connectivity index (χ4v) is 4.52. The van der Waals surface area contributed by atoms with Crippen molar-refractivity contribution in [3.63, 3.8) is 0 Å². The SMILES string of the molecule is COC(=O)c1c(N)c2ccc(C3CC3)nc2n(-c2cccc3c(C4CC4)nccc23)c1=O. The van der Waals surface area contributed by atoms with Gasteiger partial charge in [-0.3, -0.25) is 14.3 Å². The second kappa shape index (κ2) is 6.88. The van der Waals surface area contributed by atoms with Crippen LogP contribution in [0, 0.1) is 0 Å². The molecule has 4 aromatic rings. The molecule has 0 bridgehead atoms. The number of carbonyl (C=O) groups is 1. The Kier molecular flexibility index (Phi) is 4.08. The third-order valence-electron chi connectivity index (χ3n) is 6.49. The molecule has 32 heavy (non-hydrogen) atoms. The maximum atomic E-state index is 13.7. The van der Waals surface area contributed by atoms with Crippen molar-refractivity contribution in [3.05, 3.63) is 69.9 Å². The highest BCUT2D eigenvalue weighted by Gasteiger charge is 2.29. The van der Waals surface area contributed by atoms with Gasteiger partial charge < -0.3 is 10.5 Å². The Balaban J connectivity index is 1.74. The second-order valence-corrected chi connectivity index (χ2v) is 8.65. The first-order chi connectivity index (χ1) is 15.6. The number of methoxy groups -OCH3 is 1. The van der Waals surface area contributed by atoms with E-state index < -0.39 is 11.5 Å². The Bertz CT molecular complexity index is 1480. The lowest BCUT2D eigenvalue weighted by Gasteiger charge is -2.17. The Morgan fingerprint density at radius 3 is 2.53 bits per heavy atom. The van der Waals surface area contributed by atoms with Gasteiger partial charge in [0.1, 0.15) is 11.2 Å². The van der Waals surface area contributed by atoms with Crippen molar-refractivity contribution in [1.29, 1.82) is 0 Å². The van der Waals surface area contributed by atoms with Crippen molar-refractivity contribution >= 4 is 33.5 Å². The molecule has 0 aliphatic heterocycles. The summed E-state index contributed by atoms with van der Waals surface area (Å²) in [6.07, 6.45) is 6.21. The van der Waals surface area contributed by atoms with E-state index in [1.165, 1.54) is 11.7 Å². The monoisotopic (exact) mass is 426 g/mol. The lowest BCUT2D eigenvalue weighted by Crippen LogP contribution is -2.29. The molecule has 0 amide bonds. The van der Waals surface area contributed by atoms with Gasteiger partial charge in [0.05, 0.1) is 24.2 Å². The van der Waals surface area contributed by atoms with Gasteiger partial charge in [-0.05, 0) is 49.9 Å². The predicted molar refractivity (Wildman–Crippen MR) is 122 cm³/mol. The van der Waals surface area contributed by atoms with Gasteiger partial charge in [0.15, 0.2) is 0 Å². The fraction of sp³-hybridized carbons (Fsp3) is 0.280. The smallest absolute Gasteiger partial charge is 0.345 e. The molecule has 1 aromatic carbocycles. The van der Waals surface area contributed by atoms with E-state index in [4.69, 9.17) is 15.5 Å². The number of carbonyl (C=O) groups excluding carboxylic acids is 1. The van der Waals surface area contributed by atoms with Crippen LogP contribution in [0.4, 0.5) is 5.69 Å². The first kappa shape index (κ1) is 19.0. The lowest BCUT2D eigenvalue weighted by atomic mass is 10.0. The van der Waals surface area contributed by atoms with Gasteiger partial charge in [0.25, 0.3) is 5.56 Å². The van der Waals surface area contributed by atoms with Crippen molar-refractivity contribution in [2.75, 3.05) is 12.8 Å². The van der Waals surface area contributed by atoms with Crippen LogP contribution in [0.5, 0.6) is 0 Å². The summed E-state index contributed by atoms with van der Waals surface area (Å²) in [5, 5.41) is 2.47. The number of rotatable bonds is 4. The van der Waals surface area contributed by atoms with Gasteiger partial charge >= 0.3 is 5.97 Å². The molecule has 2 fully saturated rings. The van der Waals surface area contributed by atoms with Crippen molar-refractivity contribution in [2.24, 2.45) is 0 Å². The zero-order chi connectivity index (χ0) is 22.0. The largest absolute Gasteiger partial charge is 0.465 e. The zero-order valence-corrected chi connectivity index (χ0v) is 17.7. The average Bonchev–Trinajstić information content (AvgIpc) is 3.71. The van der Waals surface area contributed by atoms with Crippen LogP contribution in [0.1, 0.15) is 59.3 Å². The Morgan fingerprint density at radius 1 is 1.03 bits per heavy atom. The number of esters is 1. The molecule has 3 aromatic heterocycles. The predicted octanol–water partition coefficient (Wildman–Crippen LogP) is 4.06. The number of hydrogen-bond donors (Lipinski definition) is 1. The topological polar surface area (TPSA) is 100 Å². The number of anilines is 1. The number of fused-ring (bicyclic) bond motifs is 2. The number of benzene rings is 1. The quantitative estimate of drug-likeness (QED) is 0.494. The van der Waals surface area contributed by atoms with Crippen LogP contribution in [0.3, 0.4) is 0 Å². The summed E-state index contributed by atoms with van der Waals surface area (Å²) in [5.41, 5.74) is 8.82. The van der Waals surface area contributed by atoms with Crippen molar-refractivity contribution in [3.8, 4) is 5.69 Å². The number of ether oxygens (including phenoxy) is 1. The summed E-state index contributed by atoms with van der Waals surface area (Å²) in [5.74, 6) is 0.108. The summed E-state index contributed by atoms with van der Waals surface area (Å²) in [6, 6.07) is 11.5. The van der Waals surface area contributed by atoms with E-state index in [9.17, 15) is 9.59 Å². The van der Waals surface area contributed by atoms with E-state index >= 15 is 0 Å². The van der Waals surface area contributed by atoms with Gasteiger partial charge in [0.2, 0.25) is 0 Å². The Labute approximate surface area is 183 Å². The van der Waals surface area contributed by atoms with Gasteiger partial charge in [-0.2, -0.15) is 0 Å². The average molecular weight is 426 g/mol. The molecular formula is C25H22N4O3. The normalized spacial score (nSPS) is 15.9. The van der Waals surface area contributed by atoms with E-state index in [0.717, 1.165) is 47.8 Å². The highest BCUT2D eigenvalue weighted by atomic mass is 16.5. The van der Waals surface area contributed by atoms with E-state index in [2.05, 4.69) is 4.98 Å². The highest BCUT2D eigenvalue weighted by molar-refractivity contribution is 6.04. The highest BCUT2D eigenvalue weighted by Crippen LogP contribution is 2.43. The third kappa shape index (κ3) is 2.81. The molecule has 0 radical (unpaired) electrons. The first-order valence-electron chi connectivity index (χ1n) is 10.9. The molecule has 0 atom stereocenters. The number of aromatic nitrogens is 3.